The summed E-state index contributed by atoms with van der Waals surface area (Å²) in [6, 6.07) is 5.63. The topological polar surface area (TPSA) is 55.1 Å². The standard InChI is InChI=1S/C17H28N2O/c1-12-9-13(15(18)20)7-8-14(12)10-19-17(5,6)11-16(2,3)4/h7-9,19H,10-11H2,1-6H3,(H2,18,20). The number of hydrogen-bond acceptors (Lipinski definition) is 2. The van der Waals surface area contributed by atoms with Crippen molar-refractivity contribution in [2.24, 2.45) is 11.1 Å². The maximum atomic E-state index is 11.1. The predicted molar refractivity (Wildman–Crippen MR) is 84.7 cm³/mol. The molecule has 1 amide bonds. The van der Waals surface area contributed by atoms with E-state index >= 15 is 0 Å². The Balaban J connectivity index is 2.73. The van der Waals surface area contributed by atoms with Crippen molar-refractivity contribution in [1.82, 2.24) is 5.32 Å². The second-order valence-electron chi connectivity index (χ2n) is 7.48. The Morgan fingerprint density at radius 3 is 2.25 bits per heavy atom. The summed E-state index contributed by atoms with van der Waals surface area (Å²) >= 11 is 0. The molecule has 0 aliphatic carbocycles. The van der Waals surface area contributed by atoms with E-state index in [-0.39, 0.29) is 11.4 Å². The number of carbonyl (C=O) groups is 1. The Bertz CT molecular complexity index is 484. The first-order valence-electron chi connectivity index (χ1n) is 7.15. The molecule has 0 saturated carbocycles. The zero-order valence-corrected chi connectivity index (χ0v) is 13.6. The fourth-order valence-corrected chi connectivity index (χ4v) is 2.77. The fourth-order valence-electron chi connectivity index (χ4n) is 2.77. The van der Waals surface area contributed by atoms with Gasteiger partial charge < -0.3 is 11.1 Å². The number of nitrogens with one attached hydrogen (secondary N) is 1. The van der Waals surface area contributed by atoms with Crippen LogP contribution in [0.15, 0.2) is 18.2 Å². The van der Waals surface area contributed by atoms with Crippen molar-refractivity contribution in [1.29, 1.82) is 0 Å². The summed E-state index contributed by atoms with van der Waals surface area (Å²) in [4.78, 5) is 11.1. The minimum atomic E-state index is -0.374. The predicted octanol–water partition coefficient (Wildman–Crippen LogP) is 3.40. The van der Waals surface area contributed by atoms with E-state index in [1.54, 1.807) is 6.07 Å². The molecule has 0 aliphatic rings. The van der Waals surface area contributed by atoms with Crippen molar-refractivity contribution >= 4 is 5.91 Å². The van der Waals surface area contributed by atoms with Gasteiger partial charge in [-0.05, 0) is 55.9 Å². The van der Waals surface area contributed by atoms with Crippen LogP contribution in [0, 0.1) is 12.3 Å². The number of amides is 1. The second kappa shape index (κ2) is 5.96. The van der Waals surface area contributed by atoms with E-state index in [0.717, 1.165) is 18.5 Å². The van der Waals surface area contributed by atoms with E-state index in [2.05, 4.69) is 39.9 Å². The van der Waals surface area contributed by atoms with Gasteiger partial charge in [0.1, 0.15) is 0 Å². The van der Waals surface area contributed by atoms with Crippen LogP contribution in [0.3, 0.4) is 0 Å². The van der Waals surface area contributed by atoms with Crippen LogP contribution in [0.25, 0.3) is 0 Å². The third-order valence-electron chi connectivity index (χ3n) is 3.36. The molecule has 112 valence electrons. The summed E-state index contributed by atoms with van der Waals surface area (Å²) in [5.41, 5.74) is 8.53. The average molecular weight is 276 g/mol. The van der Waals surface area contributed by atoms with Crippen molar-refractivity contribution in [2.75, 3.05) is 0 Å². The molecule has 20 heavy (non-hydrogen) atoms. The number of rotatable bonds is 5. The van der Waals surface area contributed by atoms with E-state index in [4.69, 9.17) is 5.73 Å². The van der Waals surface area contributed by atoms with E-state index in [1.165, 1.54) is 5.56 Å². The first-order valence-corrected chi connectivity index (χ1v) is 7.15. The van der Waals surface area contributed by atoms with Crippen molar-refractivity contribution in [2.45, 2.75) is 60.0 Å². The molecule has 0 atom stereocenters. The monoisotopic (exact) mass is 276 g/mol. The lowest BCUT2D eigenvalue weighted by molar-refractivity contribution is 0.1000. The molecule has 1 rings (SSSR count). The highest BCUT2D eigenvalue weighted by Gasteiger charge is 2.24. The van der Waals surface area contributed by atoms with Crippen molar-refractivity contribution in [3.63, 3.8) is 0 Å². The quantitative estimate of drug-likeness (QED) is 0.866. The van der Waals surface area contributed by atoms with Gasteiger partial charge in [0.05, 0.1) is 0 Å². The zero-order chi connectivity index (χ0) is 15.6. The van der Waals surface area contributed by atoms with Crippen molar-refractivity contribution in [3.05, 3.63) is 34.9 Å². The Morgan fingerprint density at radius 2 is 1.80 bits per heavy atom. The van der Waals surface area contributed by atoms with Gasteiger partial charge in [0.2, 0.25) is 5.91 Å². The molecule has 3 heteroatoms. The van der Waals surface area contributed by atoms with Gasteiger partial charge in [0.25, 0.3) is 0 Å². The second-order valence-corrected chi connectivity index (χ2v) is 7.48. The van der Waals surface area contributed by atoms with Crippen LogP contribution in [-0.2, 0) is 6.54 Å². The molecule has 0 bridgehead atoms. The van der Waals surface area contributed by atoms with E-state index in [9.17, 15) is 4.79 Å². The third kappa shape index (κ3) is 5.33. The molecule has 0 spiro atoms. The van der Waals surface area contributed by atoms with Gasteiger partial charge in [-0.2, -0.15) is 0 Å². The van der Waals surface area contributed by atoms with E-state index < -0.39 is 0 Å². The van der Waals surface area contributed by atoms with Crippen LogP contribution < -0.4 is 11.1 Å². The summed E-state index contributed by atoms with van der Waals surface area (Å²) < 4.78 is 0. The molecule has 1 aromatic carbocycles. The first-order chi connectivity index (χ1) is 9.00. The summed E-state index contributed by atoms with van der Waals surface area (Å²) in [6.07, 6.45) is 1.10. The van der Waals surface area contributed by atoms with Crippen LogP contribution in [0.5, 0.6) is 0 Å². The maximum absolute atomic E-state index is 11.1. The van der Waals surface area contributed by atoms with Gasteiger partial charge in [-0.15, -0.1) is 0 Å². The van der Waals surface area contributed by atoms with Crippen LogP contribution in [0.1, 0.15) is 62.5 Å². The van der Waals surface area contributed by atoms with E-state index in [0.29, 0.717) is 11.0 Å². The highest BCUT2D eigenvalue weighted by Crippen LogP contribution is 2.27. The zero-order valence-electron chi connectivity index (χ0n) is 13.6. The normalized spacial score (nSPS) is 12.5. The average Bonchev–Trinajstić information content (AvgIpc) is 2.23. The van der Waals surface area contributed by atoms with Gasteiger partial charge in [-0.3, -0.25) is 4.79 Å². The largest absolute Gasteiger partial charge is 0.366 e. The maximum Gasteiger partial charge on any atom is 0.248 e. The van der Waals surface area contributed by atoms with Crippen molar-refractivity contribution in [3.8, 4) is 0 Å². The van der Waals surface area contributed by atoms with Gasteiger partial charge >= 0.3 is 0 Å². The van der Waals surface area contributed by atoms with Gasteiger partial charge in [-0.1, -0.05) is 26.8 Å². The van der Waals surface area contributed by atoms with Crippen LogP contribution in [-0.4, -0.2) is 11.4 Å². The molecule has 0 heterocycles. The Kier molecular flexibility index (Phi) is 4.98. The fraction of sp³-hybridized carbons (Fsp3) is 0.588. The van der Waals surface area contributed by atoms with Gasteiger partial charge in [0.15, 0.2) is 0 Å². The molecule has 1 aromatic rings. The number of nitrogens with two attached hydrogens (primary N) is 1. The molecule has 3 nitrogen and oxygen atoms in total. The molecule has 3 N–H and O–H groups in total. The summed E-state index contributed by atoms with van der Waals surface area (Å²) in [7, 11) is 0. The smallest absolute Gasteiger partial charge is 0.248 e. The number of carbonyl (C=O) groups excluding carboxylic acids is 1. The number of aryl methyl sites for hydroxylation is 1. The molecule has 0 unspecified atom stereocenters. The highest BCUT2D eigenvalue weighted by molar-refractivity contribution is 5.93. The van der Waals surface area contributed by atoms with Gasteiger partial charge in [0, 0.05) is 17.6 Å². The minimum absolute atomic E-state index is 0.0764. The SMILES string of the molecule is Cc1cc(C(N)=O)ccc1CNC(C)(C)CC(C)(C)C. The number of benzene rings is 1. The molecule has 0 radical (unpaired) electrons. The molecule has 0 aromatic heterocycles. The highest BCUT2D eigenvalue weighted by atomic mass is 16.1. The molecule has 0 fully saturated rings. The molecular weight excluding hydrogens is 248 g/mol. The Labute approximate surface area is 122 Å². The number of hydrogen-bond donors (Lipinski definition) is 2. The molecule has 0 saturated heterocycles. The Morgan fingerprint density at radius 1 is 1.20 bits per heavy atom. The molecule has 0 aliphatic heterocycles. The lowest BCUT2D eigenvalue weighted by Gasteiger charge is -2.33. The lowest BCUT2D eigenvalue weighted by Crippen LogP contribution is -2.41. The number of primary amides is 1. The van der Waals surface area contributed by atoms with Gasteiger partial charge in [-0.25, -0.2) is 0 Å². The van der Waals surface area contributed by atoms with Crippen molar-refractivity contribution < 1.29 is 4.79 Å². The summed E-state index contributed by atoms with van der Waals surface area (Å²) in [5, 5.41) is 3.61. The van der Waals surface area contributed by atoms with Crippen LogP contribution in [0.4, 0.5) is 0 Å². The first kappa shape index (κ1) is 16.7. The summed E-state index contributed by atoms with van der Waals surface area (Å²) in [6.45, 7) is 14.0. The summed E-state index contributed by atoms with van der Waals surface area (Å²) in [5.74, 6) is -0.374. The molecular formula is C17H28N2O. The van der Waals surface area contributed by atoms with Crippen LogP contribution >= 0.6 is 0 Å². The lowest BCUT2D eigenvalue weighted by atomic mass is 9.81. The van der Waals surface area contributed by atoms with E-state index in [1.807, 2.05) is 19.1 Å². The third-order valence-corrected chi connectivity index (χ3v) is 3.36. The Hall–Kier alpha value is -1.35. The van der Waals surface area contributed by atoms with Crippen LogP contribution in [0.2, 0.25) is 0 Å². The minimum Gasteiger partial charge on any atom is -0.366 e.